The molecule has 8 nitrogen and oxygen atoms in total. The highest BCUT2D eigenvalue weighted by atomic mass is 19.1. The van der Waals surface area contributed by atoms with Crippen LogP contribution < -0.4 is 10.6 Å². The summed E-state index contributed by atoms with van der Waals surface area (Å²) in [5.74, 6) is -1.12. The van der Waals surface area contributed by atoms with Gasteiger partial charge in [-0.1, -0.05) is 12.1 Å². The molecule has 0 bridgehead atoms. The van der Waals surface area contributed by atoms with Crippen molar-refractivity contribution in [2.75, 3.05) is 19.6 Å². The number of amides is 4. The zero-order valence-corrected chi connectivity index (χ0v) is 14.5. The lowest BCUT2D eigenvalue weighted by molar-refractivity contribution is -0.124. The molecule has 1 aliphatic heterocycles. The summed E-state index contributed by atoms with van der Waals surface area (Å²) in [7, 11) is 0. The van der Waals surface area contributed by atoms with Crippen LogP contribution in [-0.4, -0.2) is 52.2 Å². The number of halogens is 1. The van der Waals surface area contributed by atoms with E-state index in [2.05, 4.69) is 15.7 Å². The van der Waals surface area contributed by atoms with E-state index in [9.17, 15) is 18.8 Å². The summed E-state index contributed by atoms with van der Waals surface area (Å²) in [6, 6.07) is 5.85. The number of benzene rings is 1. The molecule has 2 aliphatic rings. The zero-order valence-electron chi connectivity index (χ0n) is 14.5. The molecule has 140 valence electrons. The van der Waals surface area contributed by atoms with Gasteiger partial charge in [0.15, 0.2) is 5.69 Å². The highest BCUT2D eigenvalue weighted by Crippen LogP contribution is 2.28. The Labute approximate surface area is 154 Å². The first-order valence-corrected chi connectivity index (χ1v) is 8.78. The predicted octanol–water partition coefficient (Wildman–Crippen LogP) is 0.782. The number of carbonyl (C=O) groups is 3. The van der Waals surface area contributed by atoms with E-state index in [0.29, 0.717) is 12.1 Å². The Morgan fingerprint density at radius 3 is 2.81 bits per heavy atom. The monoisotopic (exact) mass is 371 g/mol. The van der Waals surface area contributed by atoms with Gasteiger partial charge >= 0.3 is 6.03 Å². The summed E-state index contributed by atoms with van der Waals surface area (Å²) in [5, 5.41) is 9.47. The molecule has 4 rings (SSSR count). The van der Waals surface area contributed by atoms with Gasteiger partial charge in [0.05, 0.1) is 6.54 Å². The number of para-hydroxylation sites is 1. The maximum atomic E-state index is 14.2. The van der Waals surface area contributed by atoms with Gasteiger partial charge in [0.1, 0.15) is 11.5 Å². The molecule has 27 heavy (non-hydrogen) atoms. The van der Waals surface area contributed by atoms with E-state index in [-0.39, 0.29) is 31.2 Å². The van der Waals surface area contributed by atoms with Crippen molar-refractivity contribution >= 4 is 17.8 Å². The van der Waals surface area contributed by atoms with E-state index in [0.717, 1.165) is 29.0 Å². The van der Waals surface area contributed by atoms with Crippen LogP contribution in [0.4, 0.5) is 9.18 Å². The van der Waals surface area contributed by atoms with Crippen LogP contribution in [0.2, 0.25) is 0 Å². The third kappa shape index (κ3) is 3.05. The number of nitrogens with zero attached hydrogens (tertiary/aromatic N) is 3. The SMILES string of the molecule is O=C(NCCN1C(=O)CNC1=O)c1nn(-c2ccccc2F)c2c1CCC2. The van der Waals surface area contributed by atoms with E-state index >= 15 is 0 Å². The molecule has 4 amide bonds. The number of imide groups is 1. The second kappa shape index (κ2) is 6.82. The van der Waals surface area contributed by atoms with Gasteiger partial charge in [-0.2, -0.15) is 5.10 Å². The second-order valence-corrected chi connectivity index (χ2v) is 6.45. The molecule has 1 aromatic carbocycles. The largest absolute Gasteiger partial charge is 0.349 e. The summed E-state index contributed by atoms with van der Waals surface area (Å²) in [6.45, 7) is 0.194. The van der Waals surface area contributed by atoms with Crippen molar-refractivity contribution in [2.24, 2.45) is 0 Å². The van der Waals surface area contributed by atoms with Crippen LogP contribution >= 0.6 is 0 Å². The van der Waals surface area contributed by atoms with Crippen LogP contribution in [0.5, 0.6) is 0 Å². The molecule has 2 aromatic rings. The zero-order chi connectivity index (χ0) is 19.0. The van der Waals surface area contributed by atoms with E-state index < -0.39 is 17.8 Å². The molecule has 0 atom stereocenters. The summed E-state index contributed by atoms with van der Waals surface area (Å²) in [6.07, 6.45) is 2.32. The Balaban J connectivity index is 1.51. The molecule has 1 saturated heterocycles. The first-order valence-electron chi connectivity index (χ1n) is 8.78. The molecule has 0 spiro atoms. The van der Waals surface area contributed by atoms with Gasteiger partial charge < -0.3 is 10.6 Å². The quantitative estimate of drug-likeness (QED) is 0.760. The normalized spacial score (nSPS) is 15.8. The van der Waals surface area contributed by atoms with E-state index in [1.807, 2.05) is 0 Å². The van der Waals surface area contributed by atoms with E-state index in [4.69, 9.17) is 0 Å². The fourth-order valence-electron chi connectivity index (χ4n) is 3.49. The number of urea groups is 1. The predicted molar refractivity (Wildman–Crippen MR) is 93.0 cm³/mol. The Bertz CT molecular complexity index is 923. The first-order chi connectivity index (χ1) is 13.1. The molecule has 1 fully saturated rings. The highest BCUT2D eigenvalue weighted by molar-refractivity contribution is 6.02. The molecular weight excluding hydrogens is 353 g/mol. The van der Waals surface area contributed by atoms with Crippen LogP contribution in [0.3, 0.4) is 0 Å². The lowest BCUT2D eigenvalue weighted by Gasteiger charge is -2.12. The average Bonchev–Trinajstić information content (AvgIpc) is 3.33. The van der Waals surface area contributed by atoms with Gasteiger partial charge in [0.2, 0.25) is 5.91 Å². The topological polar surface area (TPSA) is 96.3 Å². The van der Waals surface area contributed by atoms with Gasteiger partial charge in [0.25, 0.3) is 5.91 Å². The molecular formula is C18H18FN5O3. The second-order valence-electron chi connectivity index (χ2n) is 6.45. The number of nitrogens with one attached hydrogen (secondary N) is 2. The number of carbonyl (C=O) groups excluding carboxylic acids is 3. The van der Waals surface area contributed by atoms with Gasteiger partial charge in [-0.15, -0.1) is 0 Å². The van der Waals surface area contributed by atoms with Crippen LogP contribution in [0.25, 0.3) is 5.69 Å². The first kappa shape index (κ1) is 17.2. The summed E-state index contributed by atoms with van der Waals surface area (Å²) >= 11 is 0. The molecule has 2 N–H and O–H groups in total. The van der Waals surface area contributed by atoms with Crippen molar-refractivity contribution in [2.45, 2.75) is 19.3 Å². The molecule has 1 aliphatic carbocycles. The van der Waals surface area contributed by atoms with Crippen molar-refractivity contribution < 1.29 is 18.8 Å². The van der Waals surface area contributed by atoms with Crippen LogP contribution in [0.1, 0.15) is 28.2 Å². The van der Waals surface area contributed by atoms with Crippen molar-refractivity contribution in [3.8, 4) is 5.69 Å². The number of hydrogen-bond acceptors (Lipinski definition) is 4. The number of aromatic nitrogens is 2. The molecule has 0 unspecified atom stereocenters. The summed E-state index contributed by atoms with van der Waals surface area (Å²) < 4.78 is 15.7. The lowest BCUT2D eigenvalue weighted by atomic mass is 10.2. The van der Waals surface area contributed by atoms with Crippen LogP contribution in [0, 0.1) is 5.82 Å². The molecule has 2 heterocycles. The van der Waals surface area contributed by atoms with Crippen molar-refractivity contribution in [1.82, 2.24) is 25.3 Å². The standard InChI is InChI=1S/C18H18FN5O3/c19-12-5-1-2-6-14(12)24-13-7-3-4-11(13)16(22-24)17(26)20-8-9-23-15(25)10-21-18(23)27/h1-2,5-6H,3-4,7-10H2,(H,20,26)(H,21,27). The van der Waals surface area contributed by atoms with Crippen molar-refractivity contribution in [1.29, 1.82) is 0 Å². The van der Waals surface area contributed by atoms with Gasteiger partial charge in [0, 0.05) is 24.3 Å². The van der Waals surface area contributed by atoms with Gasteiger partial charge in [-0.25, -0.2) is 13.9 Å². The smallest absolute Gasteiger partial charge is 0.324 e. The van der Waals surface area contributed by atoms with Gasteiger partial charge in [-0.05, 0) is 31.4 Å². The molecule has 1 aromatic heterocycles. The fourth-order valence-corrected chi connectivity index (χ4v) is 3.49. The number of hydrogen-bond donors (Lipinski definition) is 2. The minimum atomic E-state index is -0.459. The molecule has 9 heteroatoms. The van der Waals surface area contributed by atoms with Crippen LogP contribution in [-0.2, 0) is 17.6 Å². The average molecular weight is 371 g/mol. The van der Waals surface area contributed by atoms with Crippen molar-refractivity contribution in [3.05, 3.63) is 47.0 Å². The Morgan fingerprint density at radius 2 is 2.07 bits per heavy atom. The number of fused-ring (bicyclic) bond motifs is 1. The highest BCUT2D eigenvalue weighted by Gasteiger charge is 2.30. The maximum Gasteiger partial charge on any atom is 0.324 e. The third-order valence-corrected chi connectivity index (χ3v) is 4.78. The van der Waals surface area contributed by atoms with E-state index in [1.165, 1.54) is 10.7 Å². The van der Waals surface area contributed by atoms with Gasteiger partial charge in [-0.3, -0.25) is 14.5 Å². The van der Waals surface area contributed by atoms with E-state index in [1.54, 1.807) is 18.2 Å². The third-order valence-electron chi connectivity index (χ3n) is 4.78. The lowest BCUT2D eigenvalue weighted by Crippen LogP contribution is -2.39. The van der Waals surface area contributed by atoms with Crippen molar-refractivity contribution in [3.63, 3.8) is 0 Å². The minimum Gasteiger partial charge on any atom is -0.349 e. The molecule has 0 radical (unpaired) electrons. The Hall–Kier alpha value is -3.23. The Morgan fingerprint density at radius 1 is 1.26 bits per heavy atom. The minimum absolute atomic E-state index is 0.0205. The molecule has 0 saturated carbocycles. The maximum absolute atomic E-state index is 14.2. The Kier molecular flexibility index (Phi) is 4.35. The summed E-state index contributed by atoms with van der Waals surface area (Å²) in [4.78, 5) is 36.7. The fraction of sp³-hybridized carbons (Fsp3) is 0.333. The van der Waals surface area contributed by atoms with Crippen LogP contribution in [0.15, 0.2) is 24.3 Å². The summed E-state index contributed by atoms with van der Waals surface area (Å²) in [5.41, 5.74) is 2.25. The number of rotatable bonds is 5.